The average Bonchev–Trinajstić information content (AvgIpc) is 2.91. The van der Waals surface area contributed by atoms with Crippen LogP contribution in [0.5, 0.6) is 5.75 Å². The fourth-order valence-corrected chi connectivity index (χ4v) is 6.46. The van der Waals surface area contributed by atoms with Crippen LogP contribution >= 0.6 is 11.6 Å². The zero-order chi connectivity index (χ0) is 29.9. The molecule has 3 aliphatic rings. The summed E-state index contributed by atoms with van der Waals surface area (Å²) in [5.41, 5.74) is 0.292. The van der Waals surface area contributed by atoms with Gasteiger partial charge in [0.2, 0.25) is 5.91 Å². The Balaban J connectivity index is 1.54. The molecule has 2 aromatic carbocycles. The van der Waals surface area contributed by atoms with E-state index in [0.29, 0.717) is 49.6 Å². The zero-order valence-electron chi connectivity index (χ0n) is 23.6. The van der Waals surface area contributed by atoms with Gasteiger partial charge >= 0.3 is 5.69 Å². The second-order valence-electron chi connectivity index (χ2n) is 11.3. The number of benzene rings is 2. The van der Waals surface area contributed by atoms with Crippen molar-refractivity contribution < 1.29 is 23.0 Å². The smallest absolute Gasteiger partial charge is 0.350 e. The third kappa shape index (κ3) is 4.73. The van der Waals surface area contributed by atoms with E-state index in [-0.39, 0.29) is 58.6 Å². The number of carbonyl (C=O) groups is 1. The fourth-order valence-electron chi connectivity index (χ4n) is 6.16. The molecule has 0 bridgehead atoms. The number of hydrogen-bond acceptors (Lipinski definition) is 7. The predicted molar refractivity (Wildman–Crippen MR) is 156 cm³/mol. The Labute approximate surface area is 246 Å². The van der Waals surface area contributed by atoms with Crippen molar-refractivity contribution in [1.82, 2.24) is 19.4 Å². The molecule has 42 heavy (non-hydrogen) atoms. The van der Waals surface area contributed by atoms with Gasteiger partial charge in [-0.3, -0.25) is 14.3 Å². The van der Waals surface area contributed by atoms with Gasteiger partial charge in [-0.2, -0.15) is 4.98 Å². The van der Waals surface area contributed by atoms with Crippen molar-refractivity contribution in [2.24, 2.45) is 0 Å². The molecule has 3 atom stereocenters. The number of hydrogen-bond donors (Lipinski definition) is 0. The van der Waals surface area contributed by atoms with Gasteiger partial charge in [-0.1, -0.05) is 18.2 Å². The number of anilines is 1. The number of halogens is 3. The fraction of sp³-hybridized carbons (Fsp3) is 0.433. The van der Waals surface area contributed by atoms with Crippen LogP contribution < -0.4 is 15.3 Å². The van der Waals surface area contributed by atoms with Crippen LogP contribution in [0.15, 0.2) is 41.7 Å². The largest absolute Gasteiger partial charge is 0.488 e. The van der Waals surface area contributed by atoms with E-state index in [1.807, 2.05) is 25.8 Å². The molecule has 0 spiro atoms. The minimum Gasteiger partial charge on any atom is -0.488 e. The minimum absolute atomic E-state index is 0.0661. The van der Waals surface area contributed by atoms with E-state index in [4.69, 9.17) is 21.1 Å². The molecule has 1 unspecified atom stereocenters. The van der Waals surface area contributed by atoms with Gasteiger partial charge in [-0.05, 0) is 45.2 Å². The third-order valence-electron chi connectivity index (χ3n) is 8.54. The molecular weight excluding hydrogens is 568 g/mol. The van der Waals surface area contributed by atoms with Gasteiger partial charge in [0.05, 0.1) is 35.8 Å². The summed E-state index contributed by atoms with van der Waals surface area (Å²) >= 11 is 6.84. The molecule has 3 aliphatic heterocycles. The normalized spacial score (nSPS) is 22.3. The summed E-state index contributed by atoms with van der Waals surface area (Å²) in [7, 11) is 1.97. The minimum atomic E-state index is -0.795. The summed E-state index contributed by atoms with van der Waals surface area (Å²) in [4.78, 5) is 36.8. The number of rotatable bonds is 6. The predicted octanol–water partition coefficient (Wildman–Crippen LogP) is 3.87. The highest BCUT2D eigenvalue weighted by atomic mass is 35.5. The first-order valence-electron chi connectivity index (χ1n) is 13.9. The standard InChI is InChI=1S/C30H32ClF2N5O4/c1-5-25(39)36-10-17(3)37(11-16(36)2)29-22-9-23(31)26(21-7-6-18(32)8-24(21)33)28-27(22)38(30(40)34-29)19(15-42-28)12-35(4)20-13-41-14-20/h5-9,16-17,19-20H,1,10-15H2,2-4H3/t16-,17+,19?/m1/s1. The molecule has 0 aliphatic carbocycles. The second-order valence-corrected chi connectivity index (χ2v) is 11.7. The van der Waals surface area contributed by atoms with Crippen molar-refractivity contribution in [2.75, 3.05) is 51.4 Å². The summed E-state index contributed by atoms with van der Waals surface area (Å²) in [6, 6.07) is 4.43. The molecule has 4 heterocycles. The van der Waals surface area contributed by atoms with Crippen molar-refractivity contribution in [3.05, 3.63) is 64.1 Å². The lowest BCUT2D eigenvalue weighted by Gasteiger charge is -2.45. The van der Waals surface area contributed by atoms with E-state index in [2.05, 4.69) is 16.5 Å². The Morgan fingerprint density at radius 2 is 1.95 bits per heavy atom. The summed E-state index contributed by atoms with van der Waals surface area (Å²) in [6.45, 7) is 10.2. The van der Waals surface area contributed by atoms with Crippen LogP contribution in [0.25, 0.3) is 22.0 Å². The van der Waals surface area contributed by atoms with Crippen molar-refractivity contribution in [1.29, 1.82) is 0 Å². The monoisotopic (exact) mass is 599 g/mol. The van der Waals surface area contributed by atoms with Crippen molar-refractivity contribution >= 4 is 34.2 Å². The first-order chi connectivity index (χ1) is 20.1. The Morgan fingerprint density at radius 1 is 1.19 bits per heavy atom. The molecule has 3 aromatic rings. The van der Waals surface area contributed by atoms with Crippen LogP contribution in [0.4, 0.5) is 14.6 Å². The van der Waals surface area contributed by atoms with Crippen molar-refractivity contribution in [2.45, 2.75) is 38.0 Å². The molecule has 0 saturated carbocycles. The molecule has 0 radical (unpaired) electrons. The Morgan fingerprint density at radius 3 is 2.62 bits per heavy atom. The first kappa shape index (κ1) is 28.6. The Hall–Kier alpha value is -3.54. The molecule has 9 nitrogen and oxygen atoms in total. The van der Waals surface area contributed by atoms with Gasteiger partial charge in [-0.15, -0.1) is 0 Å². The highest BCUT2D eigenvalue weighted by molar-refractivity contribution is 6.35. The van der Waals surface area contributed by atoms with Crippen LogP contribution in [0.1, 0.15) is 19.9 Å². The van der Waals surface area contributed by atoms with Gasteiger partial charge in [0.15, 0.2) is 5.75 Å². The van der Waals surface area contributed by atoms with Crippen LogP contribution in [0.2, 0.25) is 5.02 Å². The number of amides is 1. The summed E-state index contributed by atoms with van der Waals surface area (Å²) in [5.74, 6) is -1.01. The van der Waals surface area contributed by atoms with E-state index in [1.165, 1.54) is 12.1 Å². The van der Waals surface area contributed by atoms with Crippen molar-refractivity contribution in [3.8, 4) is 16.9 Å². The van der Waals surface area contributed by atoms with Crippen LogP contribution in [0.3, 0.4) is 0 Å². The van der Waals surface area contributed by atoms with E-state index in [9.17, 15) is 14.0 Å². The van der Waals surface area contributed by atoms with E-state index in [0.717, 1.165) is 12.1 Å². The van der Waals surface area contributed by atoms with Gasteiger partial charge in [-0.25, -0.2) is 13.6 Å². The van der Waals surface area contributed by atoms with Crippen LogP contribution in [-0.2, 0) is 9.53 Å². The Bertz CT molecular complexity index is 1640. The van der Waals surface area contributed by atoms with Crippen molar-refractivity contribution in [3.63, 3.8) is 0 Å². The maximum absolute atomic E-state index is 15.1. The zero-order valence-corrected chi connectivity index (χ0v) is 24.4. The Kier molecular flexibility index (Phi) is 7.44. The second kappa shape index (κ2) is 10.9. The molecule has 2 saturated heterocycles. The molecule has 6 rings (SSSR count). The van der Waals surface area contributed by atoms with Gasteiger partial charge in [0.25, 0.3) is 0 Å². The lowest BCUT2D eigenvalue weighted by molar-refractivity contribution is -0.128. The highest BCUT2D eigenvalue weighted by Crippen LogP contribution is 2.47. The maximum atomic E-state index is 15.1. The summed E-state index contributed by atoms with van der Waals surface area (Å²) in [5, 5.41) is 0.752. The molecule has 1 aromatic heterocycles. The molecule has 222 valence electrons. The van der Waals surface area contributed by atoms with Crippen LogP contribution in [0, 0.1) is 11.6 Å². The third-order valence-corrected chi connectivity index (χ3v) is 8.84. The SMILES string of the molecule is C=CC(=O)N1C[C@H](C)N(c2nc(=O)n3c4c(c(-c5ccc(F)cc5F)c(Cl)cc24)OCC3CN(C)C2COC2)C[C@H]1C. The van der Waals surface area contributed by atoms with E-state index in [1.54, 1.807) is 15.5 Å². The lowest BCUT2D eigenvalue weighted by atomic mass is 9.99. The van der Waals surface area contributed by atoms with E-state index >= 15 is 4.39 Å². The van der Waals surface area contributed by atoms with E-state index < -0.39 is 17.3 Å². The van der Waals surface area contributed by atoms with Gasteiger partial charge < -0.3 is 19.3 Å². The summed E-state index contributed by atoms with van der Waals surface area (Å²) < 4.78 is 42.2. The topological polar surface area (TPSA) is 80.1 Å². The number of aromatic nitrogens is 2. The number of likely N-dealkylation sites (N-methyl/N-ethyl adjacent to an activating group) is 1. The number of nitrogens with zero attached hydrogens (tertiary/aromatic N) is 5. The number of piperazine rings is 1. The molecule has 0 N–H and O–H groups in total. The highest BCUT2D eigenvalue weighted by Gasteiger charge is 2.37. The molecular formula is C30H32ClF2N5O4. The van der Waals surface area contributed by atoms with Crippen LogP contribution in [-0.4, -0.2) is 89.9 Å². The number of ether oxygens (including phenoxy) is 2. The first-order valence-corrected chi connectivity index (χ1v) is 14.3. The average molecular weight is 600 g/mol. The van der Waals surface area contributed by atoms with Gasteiger partial charge in [0, 0.05) is 54.3 Å². The lowest BCUT2D eigenvalue weighted by Crippen LogP contribution is -2.58. The maximum Gasteiger partial charge on any atom is 0.350 e. The molecule has 2 fully saturated rings. The molecule has 12 heteroatoms. The number of carbonyl (C=O) groups excluding carboxylic acids is 1. The molecule has 1 amide bonds. The summed E-state index contributed by atoms with van der Waals surface area (Å²) in [6.07, 6.45) is 1.30. The van der Waals surface area contributed by atoms with Gasteiger partial charge in [0.1, 0.15) is 24.1 Å². The quantitative estimate of drug-likeness (QED) is 0.398.